The van der Waals surface area contributed by atoms with Crippen LogP contribution in [0.1, 0.15) is 37.4 Å². The summed E-state index contributed by atoms with van der Waals surface area (Å²) in [7, 11) is 0. The molecule has 3 rings (SSSR count). The third kappa shape index (κ3) is 3.09. The van der Waals surface area contributed by atoms with Crippen LogP contribution < -0.4 is 5.73 Å². The normalized spacial score (nSPS) is 14.9. The lowest BCUT2D eigenvalue weighted by atomic mass is 10.00. The van der Waals surface area contributed by atoms with Crippen LogP contribution >= 0.6 is 0 Å². The molecular weight excluding hydrogens is 304 g/mol. The van der Waals surface area contributed by atoms with E-state index in [9.17, 15) is 9.59 Å². The molecule has 0 spiro atoms. The smallest absolute Gasteiger partial charge is 0.285 e. The largest absolute Gasteiger partial charge is 0.325 e. The molecule has 0 aliphatic carbocycles. The van der Waals surface area contributed by atoms with E-state index in [2.05, 4.69) is 6.07 Å². The first-order valence-electron chi connectivity index (χ1n) is 7.90. The molecule has 124 valence electrons. The van der Waals surface area contributed by atoms with Gasteiger partial charge in [-0.05, 0) is 43.5 Å². The molecule has 1 aliphatic rings. The summed E-state index contributed by atoms with van der Waals surface area (Å²) >= 11 is 0. The number of hydrogen-bond donors (Lipinski definition) is 1. The summed E-state index contributed by atoms with van der Waals surface area (Å²) in [6.45, 7) is 4.18. The molecule has 2 aromatic carbocycles. The van der Waals surface area contributed by atoms with Gasteiger partial charge in [0.2, 0.25) is 0 Å². The first kappa shape index (κ1) is 16.4. The van der Waals surface area contributed by atoms with Gasteiger partial charge in [-0.25, -0.2) is 0 Å². The van der Waals surface area contributed by atoms with Crippen LogP contribution in [-0.4, -0.2) is 29.5 Å². The summed E-state index contributed by atoms with van der Waals surface area (Å²) in [5.74, 6) is -0.872. The van der Waals surface area contributed by atoms with Crippen LogP contribution in [0.15, 0.2) is 42.5 Å². The molecule has 0 saturated carbocycles. The summed E-state index contributed by atoms with van der Waals surface area (Å²) in [4.78, 5) is 29.8. The van der Waals surface area contributed by atoms with Crippen LogP contribution in [0.5, 0.6) is 0 Å². The Balaban J connectivity index is 1.62. The third-order valence-electron chi connectivity index (χ3n) is 4.15. The maximum atomic E-state index is 12.2. The van der Waals surface area contributed by atoms with E-state index >= 15 is 0 Å². The number of nitrogens with two attached hydrogens (primary N) is 1. The average Bonchev–Trinajstić information content (AvgIpc) is 2.80. The van der Waals surface area contributed by atoms with Crippen molar-refractivity contribution in [3.8, 4) is 0 Å². The van der Waals surface area contributed by atoms with Crippen LogP contribution in [0.4, 0.5) is 0 Å². The minimum Gasteiger partial charge on any atom is -0.325 e. The lowest BCUT2D eigenvalue weighted by molar-refractivity contribution is -0.0951. The molecule has 24 heavy (non-hydrogen) atoms. The van der Waals surface area contributed by atoms with E-state index < -0.39 is 11.8 Å². The number of carbonyl (C=O) groups is 2. The Labute approximate surface area is 141 Å². The predicted octanol–water partition coefficient (Wildman–Crippen LogP) is 2.40. The molecule has 0 saturated heterocycles. The Morgan fingerprint density at radius 1 is 1.04 bits per heavy atom. The maximum Gasteiger partial charge on any atom is 0.285 e. The number of hydrogen-bond acceptors (Lipinski definition) is 4. The highest BCUT2D eigenvalue weighted by atomic mass is 16.7. The van der Waals surface area contributed by atoms with Gasteiger partial charge in [-0.15, -0.1) is 5.06 Å². The van der Waals surface area contributed by atoms with Gasteiger partial charge in [-0.2, -0.15) is 0 Å². The average molecular weight is 324 g/mol. The van der Waals surface area contributed by atoms with Gasteiger partial charge < -0.3 is 5.73 Å². The van der Waals surface area contributed by atoms with E-state index in [4.69, 9.17) is 10.6 Å². The lowest BCUT2D eigenvalue weighted by Crippen LogP contribution is -2.37. The highest BCUT2D eigenvalue weighted by molar-refractivity contribution is 6.20. The van der Waals surface area contributed by atoms with Crippen molar-refractivity contribution in [3.63, 3.8) is 0 Å². The lowest BCUT2D eigenvalue weighted by Gasteiger charge is -2.18. The van der Waals surface area contributed by atoms with Crippen LogP contribution in [0.3, 0.4) is 0 Å². The van der Waals surface area contributed by atoms with Crippen LogP contribution in [0, 0.1) is 13.8 Å². The van der Waals surface area contributed by atoms with Crippen molar-refractivity contribution in [1.29, 1.82) is 0 Å². The van der Waals surface area contributed by atoms with Gasteiger partial charge >= 0.3 is 0 Å². The molecule has 1 atom stereocenters. The molecule has 0 fully saturated rings. The second-order valence-corrected chi connectivity index (χ2v) is 6.14. The number of amides is 2. The van der Waals surface area contributed by atoms with E-state index in [-0.39, 0.29) is 12.6 Å². The van der Waals surface area contributed by atoms with Gasteiger partial charge in [-0.1, -0.05) is 35.9 Å². The van der Waals surface area contributed by atoms with Crippen molar-refractivity contribution in [2.45, 2.75) is 26.3 Å². The fourth-order valence-corrected chi connectivity index (χ4v) is 2.87. The number of imide groups is 1. The second kappa shape index (κ2) is 6.55. The molecule has 2 amide bonds. The Kier molecular flexibility index (Phi) is 4.46. The Hall–Kier alpha value is -2.50. The van der Waals surface area contributed by atoms with Crippen LogP contribution in [-0.2, 0) is 11.3 Å². The third-order valence-corrected chi connectivity index (χ3v) is 4.15. The number of aryl methyl sites for hydroxylation is 2. The van der Waals surface area contributed by atoms with Crippen molar-refractivity contribution in [2.75, 3.05) is 6.61 Å². The van der Waals surface area contributed by atoms with Crippen molar-refractivity contribution < 1.29 is 14.4 Å². The van der Waals surface area contributed by atoms with E-state index in [0.717, 1.165) is 10.6 Å². The Bertz CT molecular complexity index is 766. The molecule has 0 aromatic heterocycles. The first-order chi connectivity index (χ1) is 11.5. The number of rotatable bonds is 5. The van der Waals surface area contributed by atoms with E-state index in [1.807, 2.05) is 26.0 Å². The summed E-state index contributed by atoms with van der Waals surface area (Å²) in [5.41, 5.74) is 10.4. The van der Waals surface area contributed by atoms with Crippen LogP contribution in [0.2, 0.25) is 0 Å². The van der Waals surface area contributed by atoms with Crippen molar-refractivity contribution >= 4 is 11.8 Å². The molecule has 0 unspecified atom stereocenters. The molecule has 2 N–H and O–H groups in total. The minimum atomic E-state index is -0.436. The molecule has 5 heteroatoms. The molecule has 2 aromatic rings. The summed E-state index contributed by atoms with van der Waals surface area (Å²) in [5, 5.41) is 0.812. The standard InChI is InChI=1S/C19H20N2O3/c1-12-7-8-14(13(2)9-12)10-15(20)11-24-21-18(22)16-5-3-4-6-17(16)19(21)23/h3-9,15H,10-11,20H2,1-2H3/t15-/m0/s1. The molecule has 0 bridgehead atoms. The van der Waals surface area contributed by atoms with E-state index in [1.54, 1.807) is 24.3 Å². The Morgan fingerprint density at radius 3 is 2.25 bits per heavy atom. The van der Waals surface area contributed by atoms with Crippen molar-refractivity contribution in [2.24, 2.45) is 5.73 Å². The fraction of sp³-hybridized carbons (Fsp3) is 0.263. The molecule has 1 aliphatic heterocycles. The number of fused-ring (bicyclic) bond motifs is 1. The summed E-state index contributed by atoms with van der Waals surface area (Å²) in [6.07, 6.45) is 0.620. The zero-order chi connectivity index (χ0) is 17.3. The topological polar surface area (TPSA) is 72.6 Å². The summed E-state index contributed by atoms with van der Waals surface area (Å²) < 4.78 is 0. The number of nitrogens with zero attached hydrogens (tertiary/aromatic N) is 1. The summed E-state index contributed by atoms with van der Waals surface area (Å²) in [6, 6.07) is 12.6. The fourth-order valence-electron chi connectivity index (χ4n) is 2.87. The van der Waals surface area contributed by atoms with Gasteiger partial charge in [-0.3, -0.25) is 14.4 Å². The molecular formula is C19H20N2O3. The van der Waals surface area contributed by atoms with Gasteiger partial charge in [0.15, 0.2) is 0 Å². The van der Waals surface area contributed by atoms with Crippen LogP contribution in [0.25, 0.3) is 0 Å². The zero-order valence-electron chi connectivity index (χ0n) is 13.8. The first-order valence-corrected chi connectivity index (χ1v) is 7.90. The minimum absolute atomic E-state index is 0.0960. The van der Waals surface area contributed by atoms with Gasteiger partial charge in [0.25, 0.3) is 11.8 Å². The van der Waals surface area contributed by atoms with Gasteiger partial charge in [0, 0.05) is 6.04 Å². The molecule has 5 nitrogen and oxygen atoms in total. The van der Waals surface area contributed by atoms with E-state index in [0.29, 0.717) is 17.5 Å². The maximum absolute atomic E-state index is 12.2. The molecule has 1 heterocycles. The number of hydroxylamine groups is 2. The Morgan fingerprint density at radius 2 is 1.67 bits per heavy atom. The van der Waals surface area contributed by atoms with Gasteiger partial charge in [0.05, 0.1) is 17.7 Å². The number of benzene rings is 2. The monoisotopic (exact) mass is 324 g/mol. The van der Waals surface area contributed by atoms with Crippen molar-refractivity contribution in [1.82, 2.24) is 5.06 Å². The highest BCUT2D eigenvalue weighted by Gasteiger charge is 2.36. The highest BCUT2D eigenvalue weighted by Crippen LogP contribution is 2.22. The van der Waals surface area contributed by atoms with E-state index in [1.165, 1.54) is 11.1 Å². The number of carbonyl (C=O) groups excluding carboxylic acids is 2. The second-order valence-electron chi connectivity index (χ2n) is 6.14. The van der Waals surface area contributed by atoms with Gasteiger partial charge in [0.1, 0.15) is 0 Å². The predicted molar refractivity (Wildman–Crippen MR) is 90.5 cm³/mol. The SMILES string of the molecule is Cc1ccc(C[C@H](N)CON2C(=O)c3ccccc3C2=O)c(C)c1. The molecule has 0 radical (unpaired) electrons. The quantitative estimate of drug-likeness (QED) is 0.857. The zero-order valence-corrected chi connectivity index (χ0v) is 13.8. The van der Waals surface area contributed by atoms with Crippen molar-refractivity contribution in [3.05, 3.63) is 70.3 Å².